The Morgan fingerprint density at radius 2 is 1.95 bits per heavy atom. The van der Waals surface area contributed by atoms with Crippen LogP contribution in [0.5, 0.6) is 0 Å². The molecule has 3 rings (SSSR count). The van der Waals surface area contributed by atoms with Gasteiger partial charge in [-0.2, -0.15) is 0 Å². The maximum atomic E-state index is 3.74. The maximum absolute atomic E-state index is 3.74. The summed E-state index contributed by atoms with van der Waals surface area (Å²) in [4.78, 5) is 0. The monoisotopic (exact) mass is 270 g/mol. The van der Waals surface area contributed by atoms with Crippen molar-refractivity contribution in [3.63, 3.8) is 0 Å². The summed E-state index contributed by atoms with van der Waals surface area (Å²) in [5.41, 5.74) is 5.73. The quantitative estimate of drug-likeness (QED) is 0.892. The Hall–Kier alpha value is -1.28. The molecule has 1 aromatic carbocycles. The minimum Gasteiger partial charge on any atom is -0.347 e. The number of fused-ring (bicyclic) bond motifs is 1. The number of hydrogen-bond donors (Lipinski definition) is 1. The van der Waals surface area contributed by atoms with Gasteiger partial charge in [-0.3, -0.25) is 0 Å². The van der Waals surface area contributed by atoms with Crippen LogP contribution in [0.3, 0.4) is 0 Å². The van der Waals surface area contributed by atoms with Crippen molar-refractivity contribution in [2.45, 2.75) is 52.0 Å². The van der Waals surface area contributed by atoms with Crippen LogP contribution >= 0.6 is 0 Å². The van der Waals surface area contributed by atoms with E-state index in [1.165, 1.54) is 53.4 Å². The first-order chi connectivity index (χ1) is 9.68. The highest BCUT2D eigenvalue weighted by atomic mass is 15.0. The maximum Gasteiger partial charge on any atom is 0.0512 e. The van der Waals surface area contributed by atoms with E-state index in [2.05, 4.69) is 49.0 Å². The molecular weight excluding hydrogens is 244 g/mol. The molecule has 0 unspecified atom stereocenters. The highest BCUT2D eigenvalue weighted by Gasteiger charge is 2.16. The molecule has 1 saturated carbocycles. The van der Waals surface area contributed by atoms with Crippen molar-refractivity contribution in [1.82, 2.24) is 9.88 Å². The second kappa shape index (κ2) is 5.61. The molecule has 0 amide bonds. The molecule has 0 aliphatic heterocycles. The Kier molecular flexibility index (Phi) is 3.84. The predicted molar refractivity (Wildman–Crippen MR) is 86.4 cm³/mol. The highest BCUT2D eigenvalue weighted by Crippen LogP contribution is 2.27. The molecule has 1 N–H and O–H groups in total. The summed E-state index contributed by atoms with van der Waals surface area (Å²) in [6, 6.07) is 7.44. The Morgan fingerprint density at radius 1 is 1.20 bits per heavy atom. The Morgan fingerprint density at radius 3 is 2.70 bits per heavy atom. The molecule has 1 aromatic heterocycles. The standard InChI is InChI=1S/C18H26N2/c1-13-7-6-10-17-16(14(2)20(3)18(13)17)11-12-19-15-8-4-5-9-15/h6-7,10,15,19H,4-5,8-9,11-12H2,1-3H3. The molecule has 0 atom stereocenters. The van der Waals surface area contributed by atoms with E-state index in [0.717, 1.165) is 19.0 Å². The first kappa shape index (κ1) is 13.7. The molecule has 2 heteroatoms. The van der Waals surface area contributed by atoms with E-state index in [4.69, 9.17) is 0 Å². The Labute approximate surface area is 122 Å². The van der Waals surface area contributed by atoms with Crippen molar-refractivity contribution >= 4 is 10.9 Å². The lowest BCUT2D eigenvalue weighted by molar-refractivity contribution is 0.527. The van der Waals surface area contributed by atoms with E-state index >= 15 is 0 Å². The highest BCUT2D eigenvalue weighted by molar-refractivity contribution is 5.88. The van der Waals surface area contributed by atoms with E-state index in [1.807, 2.05) is 0 Å². The van der Waals surface area contributed by atoms with Crippen molar-refractivity contribution in [3.05, 3.63) is 35.0 Å². The first-order valence-electron chi connectivity index (χ1n) is 7.95. The van der Waals surface area contributed by atoms with Gasteiger partial charge in [0, 0.05) is 24.2 Å². The number of benzene rings is 1. The van der Waals surface area contributed by atoms with Gasteiger partial charge in [0.25, 0.3) is 0 Å². The number of rotatable bonds is 4. The molecule has 0 saturated heterocycles. The van der Waals surface area contributed by atoms with Gasteiger partial charge in [-0.05, 0) is 50.8 Å². The van der Waals surface area contributed by atoms with Crippen molar-refractivity contribution in [2.75, 3.05) is 6.54 Å². The van der Waals surface area contributed by atoms with Crippen LogP contribution < -0.4 is 5.32 Å². The predicted octanol–water partition coefficient (Wildman–Crippen LogP) is 3.87. The minimum atomic E-state index is 0.770. The summed E-state index contributed by atoms with van der Waals surface area (Å²) in [6.07, 6.45) is 6.69. The zero-order valence-corrected chi connectivity index (χ0v) is 13.0. The second-order valence-corrected chi connectivity index (χ2v) is 6.28. The van der Waals surface area contributed by atoms with Gasteiger partial charge < -0.3 is 9.88 Å². The van der Waals surface area contributed by atoms with Crippen LogP contribution in [0, 0.1) is 13.8 Å². The topological polar surface area (TPSA) is 17.0 Å². The van der Waals surface area contributed by atoms with Crippen LogP contribution in [0.4, 0.5) is 0 Å². The Balaban J connectivity index is 1.80. The smallest absolute Gasteiger partial charge is 0.0512 e. The number of nitrogens with one attached hydrogen (secondary N) is 1. The van der Waals surface area contributed by atoms with Gasteiger partial charge in [-0.25, -0.2) is 0 Å². The molecule has 0 bridgehead atoms. The van der Waals surface area contributed by atoms with Gasteiger partial charge >= 0.3 is 0 Å². The molecule has 1 heterocycles. The lowest BCUT2D eigenvalue weighted by Gasteiger charge is -2.11. The van der Waals surface area contributed by atoms with Crippen LogP contribution in [-0.2, 0) is 13.5 Å². The number of aromatic nitrogens is 1. The summed E-state index contributed by atoms with van der Waals surface area (Å²) < 4.78 is 2.36. The molecule has 2 aromatic rings. The van der Waals surface area contributed by atoms with Gasteiger partial charge in [-0.15, -0.1) is 0 Å². The molecule has 1 aliphatic carbocycles. The lowest BCUT2D eigenvalue weighted by atomic mass is 10.1. The Bertz CT molecular complexity index is 603. The molecule has 20 heavy (non-hydrogen) atoms. The average Bonchev–Trinajstić information content (AvgIpc) is 3.02. The number of nitrogens with zero attached hydrogens (tertiary/aromatic N) is 1. The van der Waals surface area contributed by atoms with Crippen LogP contribution in [0.2, 0.25) is 0 Å². The molecule has 1 fully saturated rings. The van der Waals surface area contributed by atoms with Gasteiger partial charge in [0.15, 0.2) is 0 Å². The number of para-hydroxylation sites is 1. The van der Waals surface area contributed by atoms with Gasteiger partial charge in [0.2, 0.25) is 0 Å². The normalized spacial score (nSPS) is 16.4. The fourth-order valence-electron chi connectivity index (χ4n) is 3.76. The summed E-state index contributed by atoms with van der Waals surface area (Å²) in [5.74, 6) is 0. The van der Waals surface area contributed by atoms with Crippen LogP contribution in [0.25, 0.3) is 10.9 Å². The van der Waals surface area contributed by atoms with E-state index in [9.17, 15) is 0 Å². The van der Waals surface area contributed by atoms with Crippen molar-refractivity contribution in [2.24, 2.45) is 7.05 Å². The third kappa shape index (κ3) is 2.37. The second-order valence-electron chi connectivity index (χ2n) is 6.28. The molecule has 0 spiro atoms. The fraction of sp³-hybridized carbons (Fsp3) is 0.556. The summed E-state index contributed by atoms with van der Waals surface area (Å²) in [7, 11) is 2.19. The van der Waals surface area contributed by atoms with Crippen LogP contribution in [0.15, 0.2) is 18.2 Å². The molecule has 0 radical (unpaired) electrons. The van der Waals surface area contributed by atoms with Crippen molar-refractivity contribution in [3.8, 4) is 0 Å². The zero-order valence-electron chi connectivity index (χ0n) is 13.0. The average molecular weight is 270 g/mol. The van der Waals surface area contributed by atoms with E-state index in [0.29, 0.717) is 0 Å². The molecule has 2 nitrogen and oxygen atoms in total. The third-order valence-electron chi connectivity index (χ3n) is 5.00. The van der Waals surface area contributed by atoms with Gasteiger partial charge in [-0.1, -0.05) is 31.0 Å². The van der Waals surface area contributed by atoms with Crippen molar-refractivity contribution in [1.29, 1.82) is 0 Å². The van der Waals surface area contributed by atoms with Gasteiger partial charge in [0.05, 0.1) is 5.52 Å². The van der Waals surface area contributed by atoms with E-state index in [-0.39, 0.29) is 0 Å². The number of hydrogen-bond acceptors (Lipinski definition) is 1. The fourth-order valence-corrected chi connectivity index (χ4v) is 3.76. The molecule has 1 aliphatic rings. The largest absolute Gasteiger partial charge is 0.347 e. The summed E-state index contributed by atoms with van der Waals surface area (Å²) in [6.45, 7) is 5.57. The van der Waals surface area contributed by atoms with Crippen LogP contribution in [-0.4, -0.2) is 17.2 Å². The lowest BCUT2D eigenvalue weighted by Crippen LogP contribution is -2.28. The minimum absolute atomic E-state index is 0.770. The van der Waals surface area contributed by atoms with Gasteiger partial charge in [0.1, 0.15) is 0 Å². The molecule has 108 valence electrons. The van der Waals surface area contributed by atoms with Crippen molar-refractivity contribution < 1.29 is 0 Å². The van der Waals surface area contributed by atoms with Crippen LogP contribution in [0.1, 0.15) is 42.5 Å². The van der Waals surface area contributed by atoms with E-state index in [1.54, 1.807) is 0 Å². The summed E-state index contributed by atoms with van der Waals surface area (Å²) >= 11 is 0. The molecular formula is C18H26N2. The van der Waals surface area contributed by atoms with E-state index < -0.39 is 0 Å². The summed E-state index contributed by atoms with van der Waals surface area (Å²) in [5, 5.41) is 5.18. The SMILES string of the molecule is Cc1cccc2c(CCNC3CCCC3)c(C)n(C)c12. The third-order valence-corrected chi connectivity index (χ3v) is 5.00. The number of aryl methyl sites for hydroxylation is 2. The zero-order chi connectivity index (χ0) is 14.1. The first-order valence-corrected chi connectivity index (χ1v) is 7.95.